The van der Waals surface area contributed by atoms with Gasteiger partial charge in [-0.2, -0.15) is 0 Å². The molecular weight excluding hydrogens is 709 g/mol. The molecule has 2 aliphatic rings. The van der Waals surface area contributed by atoms with Crippen molar-refractivity contribution < 1.29 is 4.74 Å². The number of benzene rings is 6. The summed E-state index contributed by atoms with van der Waals surface area (Å²) in [5.41, 5.74) is 10.4. The number of fused-ring (bicyclic) bond motifs is 4. The molecule has 1 saturated carbocycles. The van der Waals surface area contributed by atoms with Gasteiger partial charge >= 0.3 is 0 Å². The number of hydrogen-bond acceptors (Lipinski definition) is 4. The van der Waals surface area contributed by atoms with Crippen LogP contribution in [0, 0.1) is 10.8 Å². The summed E-state index contributed by atoms with van der Waals surface area (Å²) in [5.74, 6) is 2.48. The predicted molar refractivity (Wildman–Crippen MR) is 241 cm³/mol. The first-order chi connectivity index (χ1) is 28.1. The van der Waals surface area contributed by atoms with E-state index in [0.717, 1.165) is 64.7 Å². The third-order valence-electron chi connectivity index (χ3n) is 13.4. The molecule has 8 aromatic rings. The number of ether oxygens (including phenoxy) is 1. The van der Waals surface area contributed by atoms with E-state index in [2.05, 4.69) is 207 Å². The van der Waals surface area contributed by atoms with Crippen molar-refractivity contribution in [3.05, 3.63) is 175 Å². The summed E-state index contributed by atoms with van der Waals surface area (Å²) in [6.45, 7) is 10.7. The van der Waals surface area contributed by atoms with E-state index < -0.39 is 0 Å². The summed E-state index contributed by atoms with van der Waals surface area (Å²) in [7, 11) is 2.15. The molecule has 0 radical (unpaired) electrons. The van der Waals surface area contributed by atoms with Crippen LogP contribution in [0.15, 0.2) is 164 Å². The molecule has 10 rings (SSSR count). The van der Waals surface area contributed by atoms with Crippen molar-refractivity contribution in [1.82, 2.24) is 9.55 Å². The topological polar surface area (TPSA) is 33.5 Å². The number of para-hydroxylation sites is 3. The smallest absolute Gasteiger partial charge is 0.137 e. The molecule has 1 aliphatic carbocycles. The van der Waals surface area contributed by atoms with Crippen molar-refractivity contribution in [2.45, 2.75) is 52.4 Å². The molecule has 1 aliphatic heterocycles. The van der Waals surface area contributed by atoms with Gasteiger partial charge in [-0.1, -0.05) is 125 Å². The molecule has 0 spiro atoms. The highest BCUT2D eigenvalue weighted by molar-refractivity contribution is 6.09. The van der Waals surface area contributed by atoms with Crippen LogP contribution in [0.2, 0.25) is 0 Å². The molecule has 5 heteroatoms. The zero-order valence-corrected chi connectivity index (χ0v) is 34.1. The maximum atomic E-state index is 6.92. The quantitative estimate of drug-likeness (QED) is 0.162. The molecule has 2 aromatic heterocycles. The maximum Gasteiger partial charge on any atom is 0.137 e. The van der Waals surface area contributed by atoms with Crippen molar-refractivity contribution in [1.29, 1.82) is 0 Å². The van der Waals surface area contributed by atoms with E-state index in [-0.39, 0.29) is 16.2 Å². The summed E-state index contributed by atoms with van der Waals surface area (Å²) in [4.78, 5) is 9.81. The van der Waals surface area contributed by atoms with Crippen LogP contribution in [0.5, 0.6) is 11.5 Å². The summed E-state index contributed by atoms with van der Waals surface area (Å²) in [6.07, 6.45) is 5.57. The summed E-state index contributed by atoms with van der Waals surface area (Å²) in [5, 5.41) is 2.36. The lowest BCUT2D eigenvalue weighted by Gasteiger charge is -2.60. The first kappa shape index (κ1) is 36.0. The van der Waals surface area contributed by atoms with E-state index in [9.17, 15) is 0 Å². The molecule has 6 aromatic carbocycles. The Morgan fingerprint density at radius 1 is 0.552 bits per heavy atom. The highest BCUT2D eigenvalue weighted by Crippen LogP contribution is 2.64. The summed E-state index contributed by atoms with van der Waals surface area (Å²) in [6, 6.07) is 56.9. The number of nitrogens with zero attached hydrogens (tertiary/aromatic N) is 4. The van der Waals surface area contributed by atoms with Crippen LogP contribution in [0.4, 0.5) is 17.1 Å². The van der Waals surface area contributed by atoms with E-state index in [0.29, 0.717) is 0 Å². The molecule has 0 N–H and O–H groups in total. The normalized spacial score (nSPS) is 16.8. The van der Waals surface area contributed by atoms with Gasteiger partial charge in [0.15, 0.2) is 0 Å². The molecule has 3 heterocycles. The first-order valence-corrected chi connectivity index (χ1v) is 20.7. The Morgan fingerprint density at radius 3 is 2.00 bits per heavy atom. The van der Waals surface area contributed by atoms with Gasteiger partial charge in [-0.25, -0.2) is 4.98 Å². The van der Waals surface area contributed by atoms with E-state index in [1.165, 1.54) is 39.7 Å². The molecule has 0 saturated heterocycles. The predicted octanol–water partition coefficient (Wildman–Crippen LogP) is 13.7. The van der Waals surface area contributed by atoms with E-state index in [1.807, 2.05) is 6.20 Å². The Labute approximate surface area is 342 Å². The standard InChI is InChI=1S/C53H50N4O/c1-51(2)28-16-29-52(3,4)53(51,39-19-10-7-11-20-39)40-27-30-54-50(33-40)57-46-22-13-12-21-44(46)45-26-25-42(35-49(45)57)58-43-32-38(37-17-8-6-9-18-37)31-41(34-43)56-36-55(5)47-23-14-15-24-48(47)56/h6-15,17-27,30-35H,16,28-29,36H2,1-5H3. The lowest BCUT2D eigenvalue weighted by molar-refractivity contribution is 0.00547. The Bertz CT molecular complexity index is 2790. The van der Waals surface area contributed by atoms with E-state index in [4.69, 9.17) is 9.72 Å². The minimum atomic E-state index is -0.226. The lowest BCUT2D eigenvalue weighted by atomic mass is 9.43. The fourth-order valence-electron chi connectivity index (χ4n) is 11.0. The van der Waals surface area contributed by atoms with Crippen LogP contribution >= 0.6 is 0 Å². The van der Waals surface area contributed by atoms with Gasteiger partial charge in [0.25, 0.3) is 0 Å². The fraction of sp³-hybridized carbons (Fsp3) is 0.226. The van der Waals surface area contributed by atoms with Gasteiger partial charge in [0, 0.05) is 47.3 Å². The van der Waals surface area contributed by atoms with Crippen molar-refractivity contribution in [2.24, 2.45) is 10.8 Å². The van der Waals surface area contributed by atoms with Gasteiger partial charge in [0.05, 0.1) is 29.1 Å². The van der Waals surface area contributed by atoms with Crippen molar-refractivity contribution in [2.75, 3.05) is 23.5 Å². The number of hydrogen-bond donors (Lipinski definition) is 0. The summed E-state index contributed by atoms with van der Waals surface area (Å²) >= 11 is 0. The molecule has 5 nitrogen and oxygen atoms in total. The zero-order chi connectivity index (χ0) is 39.6. The number of rotatable bonds is 7. The second-order valence-corrected chi connectivity index (χ2v) is 17.6. The monoisotopic (exact) mass is 758 g/mol. The number of pyridine rings is 1. The van der Waals surface area contributed by atoms with Crippen LogP contribution < -0.4 is 14.5 Å². The molecule has 0 unspecified atom stereocenters. The van der Waals surface area contributed by atoms with Gasteiger partial charge in [0.2, 0.25) is 0 Å². The van der Waals surface area contributed by atoms with Crippen LogP contribution in [-0.2, 0) is 5.41 Å². The first-order valence-electron chi connectivity index (χ1n) is 20.7. The minimum Gasteiger partial charge on any atom is -0.457 e. The van der Waals surface area contributed by atoms with E-state index >= 15 is 0 Å². The van der Waals surface area contributed by atoms with Gasteiger partial charge < -0.3 is 14.5 Å². The Morgan fingerprint density at radius 2 is 1.22 bits per heavy atom. The van der Waals surface area contributed by atoms with Crippen LogP contribution in [-0.4, -0.2) is 23.3 Å². The number of anilines is 3. The fourth-order valence-corrected chi connectivity index (χ4v) is 11.0. The van der Waals surface area contributed by atoms with Crippen LogP contribution in [0.1, 0.15) is 58.1 Å². The molecular formula is C53H50N4O. The third kappa shape index (κ3) is 5.62. The minimum absolute atomic E-state index is 0.0102. The average Bonchev–Trinajstić information content (AvgIpc) is 3.75. The second-order valence-electron chi connectivity index (χ2n) is 17.6. The van der Waals surface area contributed by atoms with Gasteiger partial charge in [-0.15, -0.1) is 0 Å². The zero-order valence-electron chi connectivity index (χ0n) is 34.1. The maximum absolute atomic E-state index is 6.92. The lowest BCUT2D eigenvalue weighted by Crippen LogP contribution is -2.56. The molecule has 288 valence electrons. The molecule has 0 bridgehead atoms. The van der Waals surface area contributed by atoms with Crippen LogP contribution in [0.25, 0.3) is 38.8 Å². The SMILES string of the molecule is CN1CN(c2cc(Oc3ccc4c5ccccc5n(-c5cc(C6(c7ccccc7)C(C)(C)CCCC6(C)C)ccn5)c4c3)cc(-c3ccccc3)c2)c2ccccc21. The van der Waals surface area contributed by atoms with Crippen molar-refractivity contribution in [3.63, 3.8) is 0 Å². The van der Waals surface area contributed by atoms with Crippen molar-refractivity contribution in [3.8, 4) is 28.4 Å². The highest BCUT2D eigenvalue weighted by atomic mass is 16.5. The molecule has 58 heavy (non-hydrogen) atoms. The molecule has 0 atom stereocenters. The van der Waals surface area contributed by atoms with E-state index in [1.54, 1.807) is 0 Å². The Balaban J connectivity index is 1.12. The van der Waals surface area contributed by atoms with Gasteiger partial charge in [-0.3, -0.25) is 4.57 Å². The second kappa shape index (κ2) is 13.7. The number of aromatic nitrogens is 2. The largest absolute Gasteiger partial charge is 0.457 e. The highest BCUT2D eigenvalue weighted by Gasteiger charge is 2.58. The molecule has 1 fully saturated rings. The summed E-state index contributed by atoms with van der Waals surface area (Å²) < 4.78 is 9.26. The van der Waals surface area contributed by atoms with Gasteiger partial charge in [-0.05, 0) is 101 Å². The van der Waals surface area contributed by atoms with Crippen molar-refractivity contribution >= 4 is 38.9 Å². The third-order valence-corrected chi connectivity index (χ3v) is 13.4. The average molecular weight is 759 g/mol. The van der Waals surface area contributed by atoms with Gasteiger partial charge in [0.1, 0.15) is 17.3 Å². The Hall–Kier alpha value is -6.33. The molecule has 0 amide bonds. The Kier molecular flexibility index (Phi) is 8.49. The van der Waals surface area contributed by atoms with Crippen LogP contribution in [0.3, 0.4) is 0 Å².